The SMILES string of the molecule is CCN(CC)C(=O)/C(C#N)=C(\O)c1cc(O)c(O)c(C#N)c1. The molecule has 1 aromatic carbocycles. The Morgan fingerprint density at radius 3 is 2.27 bits per heavy atom. The maximum atomic E-state index is 12.2. The summed E-state index contributed by atoms with van der Waals surface area (Å²) in [6.07, 6.45) is 0. The maximum Gasteiger partial charge on any atom is 0.268 e. The van der Waals surface area contributed by atoms with Crippen molar-refractivity contribution in [2.24, 2.45) is 0 Å². The minimum absolute atomic E-state index is 0.107. The molecule has 0 spiro atoms. The van der Waals surface area contributed by atoms with Gasteiger partial charge >= 0.3 is 0 Å². The van der Waals surface area contributed by atoms with Crippen molar-refractivity contribution in [1.82, 2.24) is 4.90 Å². The topological polar surface area (TPSA) is 129 Å². The third-order valence-corrected chi connectivity index (χ3v) is 3.10. The molecule has 0 radical (unpaired) electrons. The van der Waals surface area contributed by atoms with Crippen molar-refractivity contribution in [2.45, 2.75) is 13.8 Å². The minimum Gasteiger partial charge on any atom is -0.506 e. The Kier molecular flexibility index (Phi) is 5.37. The van der Waals surface area contributed by atoms with E-state index in [4.69, 9.17) is 10.5 Å². The van der Waals surface area contributed by atoms with E-state index in [0.29, 0.717) is 13.1 Å². The average molecular weight is 301 g/mol. The fourth-order valence-electron chi connectivity index (χ4n) is 1.86. The monoisotopic (exact) mass is 301 g/mol. The van der Waals surface area contributed by atoms with Crippen molar-refractivity contribution in [2.75, 3.05) is 13.1 Å². The first-order valence-electron chi connectivity index (χ1n) is 6.50. The van der Waals surface area contributed by atoms with Crippen LogP contribution in [0.1, 0.15) is 25.0 Å². The van der Waals surface area contributed by atoms with Gasteiger partial charge in [-0.25, -0.2) is 0 Å². The molecule has 1 rings (SSSR count). The van der Waals surface area contributed by atoms with Crippen LogP contribution in [-0.2, 0) is 4.79 Å². The van der Waals surface area contributed by atoms with Crippen LogP contribution in [-0.4, -0.2) is 39.2 Å². The number of nitrogens with zero attached hydrogens (tertiary/aromatic N) is 3. The number of likely N-dealkylation sites (N-methyl/N-ethyl adjacent to an activating group) is 1. The number of amides is 1. The normalized spacial score (nSPS) is 11.1. The van der Waals surface area contributed by atoms with Crippen LogP contribution in [0.4, 0.5) is 0 Å². The fraction of sp³-hybridized carbons (Fsp3) is 0.267. The molecule has 0 heterocycles. The van der Waals surface area contributed by atoms with Crippen molar-refractivity contribution in [3.8, 4) is 23.6 Å². The Labute approximate surface area is 127 Å². The Balaban J connectivity index is 3.47. The third-order valence-electron chi connectivity index (χ3n) is 3.10. The summed E-state index contributed by atoms with van der Waals surface area (Å²) in [5.41, 5.74) is -0.893. The molecule has 0 aliphatic carbocycles. The van der Waals surface area contributed by atoms with E-state index in [9.17, 15) is 20.1 Å². The zero-order valence-corrected chi connectivity index (χ0v) is 12.2. The van der Waals surface area contributed by atoms with E-state index >= 15 is 0 Å². The molecule has 0 aromatic heterocycles. The Morgan fingerprint density at radius 1 is 1.23 bits per heavy atom. The standard InChI is InChI=1S/C15H15N3O4/c1-3-18(4-2)15(22)11(8-17)13(20)9-5-10(7-16)14(21)12(19)6-9/h5-6,19-21H,3-4H2,1-2H3/b13-11-. The van der Waals surface area contributed by atoms with Crippen molar-refractivity contribution >= 4 is 11.7 Å². The van der Waals surface area contributed by atoms with E-state index in [2.05, 4.69) is 0 Å². The second kappa shape index (κ2) is 7.00. The predicted octanol–water partition coefficient (Wildman–Crippen LogP) is 1.63. The second-order valence-corrected chi connectivity index (χ2v) is 4.32. The summed E-state index contributed by atoms with van der Waals surface area (Å²) in [7, 11) is 0. The van der Waals surface area contributed by atoms with Gasteiger partial charge in [0.15, 0.2) is 17.1 Å². The first-order chi connectivity index (χ1) is 10.4. The number of hydrogen-bond acceptors (Lipinski definition) is 6. The molecule has 0 aliphatic heterocycles. The van der Waals surface area contributed by atoms with Crippen molar-refractivity contribution in [3.63, 3.8) is 0 Å². The molecular weight excluding hydrogens is 286 g/mol. The zero-order valence-electron chi connectivity index (χ0n) is 12.2. The van der Waals surface area contributed by atoms with Gasteiger partial charge < -0.3 is 20.2 Å². The molecule has 114 valence electrons. The number of phenolic OH excluding ortho intramolecular Hbond substituents is 2. The molecule has 22 heavy (non-hydrogen) atoms. The Hall–Kier alpha value is -3.19. The van der Waals surface area contributed by atoms with Gasteiger partial charge in [0.05, 0.1) is 5.56 Å². The van der Waals surface area contributed by atoms with Crippen molar-refractivity contribution in [3.05, 3.63) is 28.8 Å². The quantitative estimate of drug-likeness (QED) is 0.335. The van der Waals surface area contributed by atoms with E-state index in [0.717, 1.165) is 12.1 Å². The number of aliphatic hydroxyl groups excluding tert-OH is 1. The van der Waals surface area contributed by atoms with Crippen LogP contribution in [0, 0.1) is 22.7 Å². The van der Waals surface area contributed by atoms with E-state index in [1.807, 2.05) is 0 Å². The van der Waals surface area contributed by atoms with Gasteiger partial charge in [0, 0.05) is 18.7 Å². The summed E-state index contributed by atoms with van der Waals surface area (Å²) in [5, 5.41) is 47.1. The largest absolute Gasteiger partial charge is 0.506 e. The smallest absolute Gasteiger partial charge is 0.268 e. The predicted molar refractivity (Wildman–Crippen MR) is 77.6 cm³/mol. The lowest BCUT2D eigenvalue weighted by Crippen LogP contribution is -2.31. The summed E-state index contributed by atoms with van der Waals surface area (Å²) in [5.74, 6) is -2.58. The molecule has 0 atom stereocenters. The molecule has 0 fully saturated rings. The average Bonchev–Trinajstić information content (AvgIpc) is 2.51. The lowest BCUT2D eigenvalue weighted by molar-refractivity contribution is -0.126. The number of aliphatic hydroxyl groups is 1. The fourth-order valence-corrected chi connectivity index (χ4v) is 1.86. The molecular formula is C15H15N3O4. The highest BCUT2D eigenvalue weighted by atomic mass is 16.3. The number of hydrogen-bond donors (Lipinski definition) is 3. The first-order valence-corrected chi connectivity index (χ1v) is 6.50. The van der Waals surface area contributed by atoms with Crippen LogP contribution in [0.25, 0.3) is 5.76 Å². The summed E-state index contributed by atoms with van der Waals surface area (Å²) >= 11 is 0. The second-order valence-electron chi connectivity index (χ2n) is 4.32. The van der Waals surface area contributed by atoms with Crippen LogP contribution >= 0.6 is 0 Å². The van der Waals surface area contributed by atoms with E-state index < -0.39 is 28.7 Å². The number of carbonyl (C=O) groups excluding carboxylic acids is 1. The molecule has 0 unspecified atom stereocenters. The summed E-state index contributed by atoms with van der Waals surface area (Å²) < 4.78 is 0. The molecule has 7 heteroatoms. The van der Waals surface area contributed by atoms with Gasteiger partial charge in [0.2, 0.25) is 0 Å². The number of phenols is 2. The van der Waals surface area contributed by atoms with E-state index in [-0.39, 0.29) is 11.1 Å². The molecule has 0 aliphatic rings. The summed E-state index contributed by atoms with van der Waals surface area (Å²) in [6, 6.07) is 5.32. The highest BCUT2D eigenvalue weighted by Gasteiger charge is 2.22. The number of aromatic hydroxyl groups is 2. The van der Waals surface area contributed by atoms with Crippen LogP contribution in [0.2, 0.25) is 0 Å². The van der Waals surface area contributed by atoms with Crippen molar-refractivity contribution in [1.29, 1.82) is 10.5 Å². The van der Waals surface area contributed by atoms with E-state index in [1.165, 1.54) is 4.90 Å². The van der Waals surface area contributed by atoms with Gasteiger partial charge in [-0.05, 0) is 26.0 Å². The first kappa shape index (κ1) is 16.9. The lowest BCUT2D eigenvalue weighted by atomic mass is 10.0. The highest BCUT2D eigenvalue weighted by molar-refractivity contribution is 6.03. The maximum absolute atomic E-state index is 12.2. The van der Waals surface area contributed by atoms with Gasteiger partial charge in [-0.15, -0.1) is 0 Å². The Morgan fingerprint density at radius 2 is 1.82 bits per heavy atom. The molecule has 0 saturated heterocycles. The van der Waals surface area contributed by atoms with Crippen molar-refractivity contribution < 1.29 is 20.1 Å². The zero-order chi connectivity index (χ0) is 16.9. The summed E-state index contributed by atoms with van der Waals surface area (Å²) in [4.78, 5) is 13.5. The molecule has 0 bridgehead atoms. The lowest BCUT2D eigenvalue weighted by Gasteiger charge is -2.18. The van der Waals surface area contributed by atoms with Gasteiger partial charge in [-0.3, -0.25) is 4.79 Å². The number of rotatable bonds is 4. The van der Waals surface area contributed by atoms with Gasteiger partial charge in [-0.2, -0.15) is 10.5 Å². The van der Waals surface area contributed by atoms with Gasteiger partial charge in [-0.1, -0.05) is 0 Å². The van der Waals surface area contributed by atoms with Crippen LogP contribution in [0.5, 0.6) is 11.5 Å². The third kappa shape index (κ3) is 3.10. The van der Waals surface area contributed by atoms with Crippen LogP contribution in [0.3, 0.4) is 0 Å². The van der Waals surface area contributed by atoms with Crippen LogP contribution < -0.4 is 0 Å². The number of carbonyl (C=O) groups is 1. The Bertz CT molecular complexity index is 707. The number of benzene rings is 1. The molecule has 1 aromatic rings. The van der Waals surface area contributed by atoms with Gasteiger partial charge in [0.1, 0.15) is 17.9 Å². The minimum atomic E-state index is -0.661. The molecule has 3 N–H and O–H groups in total. The van der Waals surface area contributed by atoms with E-state index in [1.54, 1.807) is 26.0 Å². The van der Waals surface area contributed by atoms with Crippen LogP contribution in [0.15, 0.2) is 17.7 Å². The van der Waals surface area contributed by atoms with Gasteiger partial charge in [0.25, 0.3) is 5.91 Å². The molecule has 7 nitrogen and oxygen atoms in total. The number of nitriles is 2. The summed E-state index contributed by atoms with van der Waals surface area (Å²) in [6.45, 7) is 4.18. The molecule has 1 amide bonds. The molecule has 0 saturated carbocycles. The highest BCUT2D eigenvalue weighted by Crippen LogP contribution is 2.32.